The number of benzene rings is 1. The number of Topliss-reactive ketones (excluding diaryl/α,β-unsaturated/α-hetero) is 1. The van der Waals surface area contributed by atoms with Crippen LogP contribution in [0.4, 0.5) is 15.1 Å². The zero-order valence-electron chi connectivity index (χ0n) is 18.7. The Balaban J connectivity index is 1.55. The zero-order valence-corrected chi connectivity index (χ0v) is 18.7. The number of halogens is 1. The van der Waals surface area contributed by atoms with Crippen LogP contribution in [0.2, 0.25) is 0 Å². The van der Waals surface area contributed by atoms with Gasteiger partial charge in [-0.3, -0.25) is 19.8 Å². The second kappa shape index (κ2) is 8.55. The Morgan fingerprint density at radius 1 is 1.26 bits per heavy atom. The molecular weight excluding hydrogens is 443 g/mol. The molecule has 174 valence electrons. The van der Waals surface area contributed by atoms with Gasteiger partial charge in [0.2, 0.25) is 11.9 Å². The first-order chi connectivity index (χ1) is 16.0. The molecule has 0 saturated carbocycles. The van der Waals surface area contributed by atoms with E-state index in [1.807, 2.05) is 6.07 Å². The number of ether oxygens (including phenoxy) is 1. The highest BCUT2D eigenvalue weighted by atomic mass is 19.1. The third-order valence-electron chi connectivity index (χ3n) is 5.05. The highest BCUT2D eigenvalue weighted by Crippen LogP contribution is 2.25. The molecule has 3 aromatic rings. The number of likely N-dealkylation sites (tertiary alicyclic amines) is 1. The van der Waals surface area contributed by atoms with Crippen molar-refractivity contribution in [3.8, 4) is 17.2 Å². The van der Waals surface area contributed by atoms with Crippen LogP contribution in [0.3, 0.4) is 0 Å². The first-order valence-corrected chi connectivity index (χ1v) is 10.4. The van der Waals surface area contributed by atoms with Gasteiger partial charge in [-0.15, -0.1) is 5.10 Å². The van der Waals surface area contributed by atoms with E-state index in [1.54, 1.807) is 32.9 Å². The van der Waals surface area contributed by atoms with Gasteiger partial charge in [-0.05, 0) is 51.1 Å². The average Bonchev–Trinajstić information content (AvgIpc) is 3.35. The summed E-state index contributed by atoms with van der Waals surface area (Å²) in [6.07, 6.45) is 0.619. The van der Waals surface area contributed by atoms with Crippen molar-refractivity contribution in [1.82, 2.24) is 19.5 Å². The van der Waals surface area contributed by atoms with Crippen LogP contribution in [-0.2, 0) is 14.3 Å². The lowest BCUT2D eigenvalue weighted by Crippen LogP contribution is -2.45. The van der Waals surface area contributed by atoms with E-state index in [0.29, 0.717) is 16.8 Å². The summed E-state index contributed by atoms with van der Waals surface area (Å²) in [6.45, 7) is 4.85. The predicted octanol–water partition coefficient (Wildman–Crippen LogP) is 2.92. The molecule has 0 bridgehead atoms. The molecule has 0 radical (unpaired) electrons. The molecule has 2 amide bonds. The fourth-order valence-electron chi connectivity index (χ4n) is 3.54. The van der Waals surface area contributed by atoms with Gasteiger partial charge in [0.25, 0.3) is 0 Å². The van der Waals surface area contributed by atoms with E-state index in [9.17, 15) is 18.8 Å². The van der Waals surface area contributed by atoms with E-state index in [4.69, 9.17) is 10.00 Å². The molecule has 1 aliphatic heterocycles. The smallest absolute Gasteiger partial charge is 0.411 e. The number of anilines is 1. The van der Waals surface area contributed by atoms with Gasteiger partial charge < -0.3 is 4.74 Å². The molecule has 2 aromatic heterocycles. The quantitative estimate of drug-likeness (QED) is 0.631. The molecule has 3 heterocycles. The summed E-state index contributed by atoms with van der Waals surface area (Å²) in [4.78, 5) is 42.5. The van der Waals surface area contributed by atoms with Gasteiger partial charge in [0.1, 0.15) is 17.5 Å². The molecule has 0 aliphatic carbocycles. The molecule has 1 aliphatic rings. The Morgan fingerprint density at radius 2 is 2.03 bits per heavy atom. The first-order valence-electron chi connectivity index (χ1n) is 10.4. The summed E-state index contributed by atoms with van der Waals surface area (Å²) in [5.41, 5.74) is 0.588. The standard InChI is InChI=1S/C23H21FN6O4/c1-23(2,3)34-22(33)29-12-15(31)9-18(29)20(32)27-21-26-19-7-5-14(11-30(19)28-21)16-8-13(10-25)4-6-17(16)24/h4-8,11,18H,9,12H2,1-3H3,(H,27,28,32)/t18-/m1/s1. The Hall–Kier alpha value is -4.33. The van der Waals surface area contributed by atoms with Crippen molar-refractivity contribution in [3.05, 3.63) is 47.9 Å². The molecule has 1 saturated heterocycles. The van der Waals surface area contributed by atoms with Crippen LogP contribution in [0.15, 0.2) is 36.5 Å². The molecule has 4 rings (SSSR count). The summed E-state index contributed by atoms with van der Waals surface area (Å²) in [5, 5.41) is 15.8. The van der Waals surface area contributed by atoms with Gasteiger partial charge in [0.05, 0.1) is 18.2 Å². The largest absolute Gasteiger partial charge is 0.444 e. The molecule has 10 nitrogen and oxygen atoms in total. The van der Waals surface area contributed by atoms with Crippen LogP contribution in [-0.4, -0.2) is 55.5 Å². The molecule has 0 unspecified atom stereocenters. The summed E-state index contributed by atoms with van der Waals surface area (Å²) in [7, 11) is 0. The number of pyridine rings is 1. The van der Waals surface area contributed by atoms with Crippen molar-refractivity contribution in [2.75, 3.05) is 11.9 Å². The number of carbonyl (C=O) groups is 3. The molecule has 1 atom stereocenters. The van der Waals surface area contributed by atoms with E-state index in [0.717, 1.165) is 4.90 Å². The number of rotatable bonds is 3. The molecule has 11 heteroatoms. The number of aromatic nitrogens is 3. The molecule has 1 aromatic carbocycles. The number of amides is 2. The fourth-order valence-corrected chi connectivity index (χ4v) is 3.54. The number of nitrogens with zero attached hydrogens (tertiary/aromatic N) is 5. The van der Waals surface area contributed by atoms with Gasteiger partial charge in [0.15, 0.2) is 11.4 Å². The number of nitrogens with one attached hydrogen (secondary N) is 1. The van der Waals surface area contributed by atoms with Crippen molar-refractivity contribution in [2.45, 2.75) is 38.8 Å². The van der Waals surface area contributed by atoms with Crippen LogP contribution >= 0.6 is 0 Å². The minimum atomic E-state index is -1.05. The van der Waals surface area contributed by atoms with Crippen LogP contribution in [0, 0.1) is 17.1 Å². The van der Waals surface area contributed by atoms with E-state index in [1.165, 1.54) is 28.9 Å². The predicted molar refractivity (Wildman–Crippen MR) is 118 cm³/mol. The van der Waals surface area contributed by atoms with Gasteiger partial charge in [0, 0.05) is 23.7 Å². The number of hydrogen-bond acceptors (Lipinski definition) is 7. The summed E-state index contributed by atoms with van der Waals surface area (Å²) in [6, 6.07) is 8.15. The number of nitriles is 1. The second-order valence-electron chi connectivity index (χ2n) is 8.82. The molecule has 1 N–H and O–H groups in total. The summed E-state index contributed by atoms with van der Waals surface area (Å²) < 4.78 is 21.0. The topological polar surface area (TPSA) is 130 Å². The first kappa shape index (κ1) is 22.8. The van der Waals surface area contributed by atoms with Crippen LogP contribution in [0.25, 0.3) is 16.8 Å². The zero-order chi connectivity index (χ0) is 24.6. The summed E-state index contributed by atoms with van der Waals surface area (Å²) in [5.74, 6) is -1.43. The average molecular weight is 464 g/mol. The van der Waals surface area contributed by atoms with E-state index in [2.05, 4.69) is 15.4 Å². The third-order valence-corrected chi connectivity index (χ3v) is 5.05. The monoisotopic (exact) mass is 464 g/mol. The molecule has 34 heavy (non-hydrogen) atoms. The lowest BCUT2D eigenvalue weighted by atomic mass is 10.0. The van der Waals surface area contributed by atoms with E-state index < -0.39 is 29.5 Å². The lowest BCUT2D eigenvalue weighted by molar-refractivity contribution is -0.121. The van der Waals surface area contributed by atoms with Gasteiger partial charge >= 0.3 is 6.09 Å². The maximum atomic E-state index is 14.3. The van der Waals surface area contributed by atoms with Crippen molar-refractivity contribution in [3.63, 3.8) is 0 Å². The molecule has 0 spiro atoms. The third kappa shape index (κ3) is 4.71. The summed E-state index contributed by atoms with van der Waals surface area (Å²) >= 11 is 0. The van der Waals surface area contributed by atoms with Crippen LogP contribution < -0.4 is 5.32 Å². The Bertz CT molecular complexity index is 1350. The number of hydrogen-bond donors (Lipinski definition) is 1. The maximum Gasteiger partial charge on any atom is 0.411 e. The van der Waals surface area contributed by atoms with Crippen molar-refractivity contribution >= 4 is 29.4 Å². The fraction of sp³-hybridized carbons (Fsp3) is 0.304. The number of carbonyl (C=O) groups excluding carboxylic acids is 3. The van der Waals surface area contributed by atoms with Crippen LogP contribution in [0.5, 0.6) is 0 Å². The highest BCUT2D eigenvalue weighted by Gasteiger charge is 2.41. The van der Waals surface area contributed by atoms with Crippen molar-refractivity contribution in [2.24, 2.45) is 0 Å². The maximum absolute atomic E-state index is 14.3. The van der Waals surface area contributed by atoms with Crippen LogP contribution in [0.1, 0.15) is 32.8 Å². The van der Waals surface area contributed by atoms with E-state index in [-0.39, 0.29) is 30.3 Å². The molecule has 1 fully saturated rings. The van der Waals surface area contributed by atoms with Gasteiger partial charge in [-0.1, -0.05) is 0 Å². The normalized spacial score (nSPS) is 15.9. The SMILES string of the molecule is CC(C)(C)OC(=O)N1CC(=O)C[C@@H]1C(=O)Nc1nc2ccc(-c3cc(C#N)ccc3F)cn2n1. The second-order valence-corrected chi connectivity index (χ2v) is 8.82. The Kier molecular flexibility index (Phi) is 5.75. The Labute approximate surface area is 193 Å². The number of fused-ring (bicyclic) bond motifs is 1. The van der Waals surface area contributed by atoms with Gasteiger partial charge in [-0.2, -0.15) is 10.2 Å². The van der Waals surface area contributed by atoms with Gasteiger partial charge in [-0.25, -0.2) is 13.7 Å². The van der Waals surface area contributed by atoms with E-state index >= 15 is 0 Å². The molecular formula is C23H21FN6O4. The Morgan fingerprint density at radius 3 is 2.74 bits per heavy atom. The van der Waals surface area contributed by atoms with Crippen molar-refractivity contribution in [1.29, 1.82) is 5.26 Å². The highest BCUT2D eigenvalue weighted by molar-refractivity contribution is 6.02. The van der Waals surface area contributed by atoms with Crippen molar-refractivity contribution < 1.29 is 23.5 Å². The number of ketones is 1. The minimum Gasteiger partial charge on any atom is -0.444 e. The minimum absolute atomic E-state index is 0.0446. The lowest BCUT2D eigenvalue weighted by Gasteiger charge is -2.27.